The van der Waals surface area contributed by atoms with E-state index in [0.717, 1.165) is 0 Å². The van der Waals surface area contributed by atoms with Gasteiger partial charge in [0.2, 0.25) is 3.84 Å². The van der Waals surface area contributed by atoms with Crippen LogP contribution in [0.4, 0.5) is 0 Å². The van der Waals surface area contributed by atoms with Gasteiger partial charge in [-0.05, 0) is 4.08 Å². The lowest BCUT2D eigenvalue weighted by molar-refractivity contribution is 1.18. The van der Waals surface area contributed by atoms with Gasteiger partial charge in [-0.3, -0.25) is 0 Å². The van der Waals surface area contributed by atoms with Gasteiger partial charge in [-0.2, -0.15) is 0 Å². The van der Waals surface area contributed by atoms with Crippen LogP contribution in [0.25, 0.3) is 0 Å². The molecule has 4 nitrogen and oxygen atoms in total. The van der Waals surface area contributed by atoms with Crippen LogP contribution >= 0.6 is 45.2 Å². The van der Waals surface area contributed by atoms with Gasteiger partial charge in [-0.25, -0.2) is 10.5 Å². The summed E-state index contributed by atoms with van der Waals surface area (Å²) in [6.07, 6.45) is 4.95. The van der Waals surface area contributed by atoms with Crippen molar-refractivity contribution in [2.75, 3.05) is 0 Å². The maximum Gasteiger partial charge on any atom is 0.211 e. The number of amidine groups is 1. The first-order chi connectivity index (χ1) is 5.31. The summed E-state index contributed by atoms with van der Waals surface area (Å²) < 4.78 is 2.24. The third kappa shape index (κ3) is 7.91. The zero-order chi connectivity index (χ0) is 8.53. The average molecular weight is 376 g/mol. The summed E-state index contributed by atoms with van der Waals surface area (Å²) >= 11 is 3.96. The van der Waals surface area contributed by atoms with Crippen LogP contribution in [0.2, 0.25) is 0 Å². The predicted octanol–water partition coefficient (Wildman–Crippen LogP) is 2.78. The highest BCUT2D eigenvalue weighted by Crippen LogP contribution is 1.91. The molecule has 0 unspecified atom stereocenters. The summed E-state index contributed by atoms with van der Waals surface area (Å²) in [5, 5.41) is 5.93. The van der Waals surface area contributed by atoms with Crippen molar-refractivity contribution in [3.8, 4) is 0 Å². The van der Waals surface area contributed by atoms with Crippen LogP contribution in [0.15, 0.2) is 32.8 Å². The molecule has 0 aromatic carbocycles. The zero-order valence-electron chi connectivity index (χ0n) is 5.46. The number of rotatable bonds is 3. The van der Waals surface area contributed by atoms with Crippen LogP contribution in [-0.2, 0) is 0 Å². The quantitative estimate of drug-likeness (QED) is 0.257. The summed E-state index contributed by atoms with van der Waals surface area (Å²) in [6, 6.07) is 0. The van der Waals surface area contributed by atoms with E-state index in [2.05, 4.69) is 38.0 Å². The maximum absolute atomic E-state index is 6.54. The lowest BCUT2D eigenvalue weighted by atomic mass is 10.8. The van der Waals surface area contributed by atoms with Crippen molar-refractivity contribution in [2.45, 2.75) is 0 Å². The Kier molecular flexibility index (Phi) is 8.12. The molecule has 0 aliphatic carbocycles. The Morgan fingerprint density at radius 2 is 2.18 bits per heavy atom. The van der Waals surface area contributed by atoms with E-state index in [1.165, 1.54) is 6.20 Å². The Hall–Kier alpha value is 0.01000. The van der Waals surface area contributed by atoms with Gasteiger partial charge in [-0.1, -0.05) is 22.6 Å². The molecule has 0 radical (unpaired) electrons. The highest BCUT2D eigenvalue weighted by atomic mass is 127. The molecular formula is C5H6I2N4. The molecule has 0 fully saturated rings. The van der Waals surface area contributed by atoms with Crippen molar-refractivity contribution >= 4 is 49.0 Å². The van der Waals surface area contributed by atoms with E-state index in [9.17, 15) is 0 Å². The van der Waals surface area contributed by atoms with Crippen molar-refractivity contribution in [1.29, 1.82) is 5.53 Å². The Morgan fingerprint density at radius 1 is 1.45 bits per heavy atom. The number of halogens is 2. The maximum atomic E-state index is 6.54. The van der Waals surface area contributed by atoms with Gasteiger partial charge in [-0.15, -0.1) is 5.11 Å². The first-order valence-electron chi connectivity index (χ1n) is 2.58. The van der Waals surface area contributed by atoms with E-state index in [0.29, 0.717) is 3.84 Å². The standard InChI is InChI=1S/C5H6I2N4/c6-1-2-9-3-4-10-5(7)11-8/h1-4,8-9H/b2-1-,4-3-,10-5+,11-8?. The molecule has 0 amide bonds. The molecule has 0 saturated carbocycles. The first kappa shape index (κ1) is 11.0. The number of aliphatic imine (C=N–C) groups is 1. The molecule has 0 spiro atoms. The van der Waals surface area contributed by atoms with Crippen molar-refractivity contribution in [3.05, 3.63) is 22.7 Å². The Morgan fingerprint density at radius 3 is 2.73 bits per heavy atom. The van der Waals surface area contributed by atoms with E-state index in [1.54, 1.807) is 12.4 Å². The topological polar surface area (TPSA) is 60.6 Å². The normalized spacial score (nSPS) is 12.7. The van der Waals surface area contributed by atoms with Gasteiger partial charge >= 0.3 is 0 Å². The van der Waals surface area contributed by atoms with Crippen molar-refractivity contribution < 1.29 is 0 Å². The fraction of sp³-hybridized carbons (Fsp3) is 0. The van der Waals surface area contributed by atoms with Crippen LogP contribution in [0.5, 0.6) is 0 Å². The van der Waals surface area contributed by atoms with Crippen LogP contribution in [0.1, 0.15) is 0 Å². The van der Waals surface area contributed by atoms with E-state index in [-0.39, 0.29) is 0 Å². The number of nitrogens with one attached hydrogen (secondary N) is 2. The second-order valence-electron chi connectivity index (χ2n) is 1.28. The lowest BCUT2D eigenvalue weighted by Gasteiger charge is -1.84. The summed E-state index contributed by atoms with van der Waals surface area (Å²) in [6.45, 7) is 0. The van der Waals surface area contributed by atoms with E-state index < -0.39 is 0 Å². The molecule has 2 N–H and O–H groups in total. The number of hydrogen-bond acceptors (Lipinski definition) is 3. The molecule has 0 aromatic heterocycles. The highest BCUT2D eigenvalue weighted by Gasteiger charge is 1.79. The van der Waals surface area contributed by atoms with Gasteiger partial charge < -0.3 is 5.32 Å². The Bertz CT molecular complexity index is 197. The predicted molar refractivity (Wildman–Crippen MR) is 62.0 cm³/mol. The fourth-order valence-electron chi connectivity index (χ4n) is 0.263. The molecule has 0 rings (SSSR count). The molecule has 11 heavy (non-hydrogen) atoms. The Balaban J connectivity index is 3.67. The Labute approximate surface area is 92.0 Å². The number of hydrogen-bond donors (Lipinski definition) is 2. The minimum Gasteiger partial charge on any atom is -0.366 e. The summed E-state index contributed by atoms with van der Waals surface area (Å²) in [7, 11) is 0. The summed E-state index contributed by atoms with van der Waals surface area (Å²) in [4.78, 5) is 3.78. The largest absolute Gasteiger partial charge is 0.366 e. The second-order valence-corrected chi connectivity index (χ2v) is 2.97. The minimum absolute atomic E-state index is 0.402. The van der Waals surface area contributed by atoms with E-state index in [1.807, 2.05) is 26.7 Å². The molecule has 0 saturated heterocycles. The monoisotopic (exact) mass is 376 g/mol. The molecule has 0 bridgehead atoms. The molecule has 0 aliphatic rings. The summed E-state index contributed by atoms with van der Waals surface area (Å²) in [5.41, 5.74) is 6.54. The highest BCUT2D eigenvalue weighted by molar-refractivity contribution is 14.1. The molecule has 0 aromatic rings. The molecular weight excluding hydrogens is 370 g/mol. The summed E-state index contributed by atoms with van der Waals surface area (Å²) in [5.74, 6) is 0. The smallest absolute Gasteiger partial charge is 0.211 e. The van der Waals surface area contributed by atoms with Crippen LogP contribution in [0, 0.1) is 5.53 Å². The zero-order valence-corrected chi connectivity index (χ0v) is 9.77. The van der Waals surface area contributed by atoms with Crippen LogP contribution in [0.3, 0.4) is 0 Å². The number of nitrogens with zero attached hydrogens (tertiary/aromatic N) is 2. The molecule has 0 aliphatic heterocycles. The van der Waals surface area contributed by atoms with E-state index >= 15 is 0 Å². The first-order valence-corrected chi connectivity index (χ1v) is 4.90. The molecule has 60 valence electrons. The second kappa shape index (κ2) is 8.11. The third-order valence-electron chi connectivity index (χ3n) is 0.603. The van der Waals surface area contributed by atoms with Crippen molar-refractivity contribution in [2.24, 2.45) is 10.1 Å². The van der Waals surface area contributed by atoms with Gasteiger partial charge in [0.25, 0.3) is 0 Å². The average Bonchev–Trinajstić information content (AvgIpc) is 2.04. The van der Waals surface area contributed by atoms with Gasteiger partial charge in [0.1, 0.15) is 0 Å². The van der Waals surface area contributed by atoms with Crippen molar-refractivity contribution in [3.63, 3.8) is 0 Å². The van der Waals surface area contributed by atoms with Gasteiger partial charge in [0.15, 0.2) is 0 Å². The lowest BCUT2D eigenvalue weighted by Crippen LogP contribution is -1.89. The van der Waals surface area contributed by atoms with Crippen LogP contribution in [-0.4, -0.2) is 3.84 Å². The van der Waals surface area contributed by atoms with Crippen molar-refractivity contribution in [1.82, 2.24) is 5.32 Å². The van der Waals surface area contributed by atoms with Gasteiger partial charge in [0.05, 0.1) is 0 Å². The molecule has 0 atom stereocenters. The van der Waals surface area contributed by atoms with Crippen LogP contribution < -0.4 is 5.32 Å². The van der Waals surface area contributed by atoms with Gasteiger partial charge in [0, 0.05) is 41.2 Å². The minimum atomic E-state index is 0.402. The molecule has 6 heteroatoms. The van der Waals surface area contributed by atoms with E-state index in [4.69, 9.17) is 5.53 Å². The fourth-order valence-corrected chi connectivity index (χ4v) is 0.631. The SMILES string of the molecule is N=N/C(I)=N/C=C\N/C=C\I. The third-order valence-corrected chi connectivity index (χ3v) is 1.48. The molecule has 0 heterocycles.